The third-order valence-electron chi connectivity index (χ3n) is 5.47. The Morgan fingerprint density at radius 2 is 1.74 bits per heavy atom. The molecule has 1 amide bonds. The summed E-state index contributed by atoms with van der Waals surface area (Å²) >= 11 is 1.39. The number of carbonyl (C=O) groups excluding carboxylic acids is 1. The summed E-state index contributed by atoms with van der Waals surface area (Å²) in [5, 5.41) is 18.7. The van der Waals surface area contributed by atoms with Gasteiger partial charge in [0.15, 0.2) is 0 Å². The Balaban J connectivity index is 1.32. The molecule has 0 bridgehead atoms. The molecule has 1 unspecified atom stereocenters. The van der Waals surface area contributed by atoms with Gasteiger partial charge in [0.05, 0.1) is 24.2 Å². The van der Waals surface area contributed by atoms with Gasteiger partial charge in [-0.2, -0.15) is 0 Å². The first-order valence-corrected chi connectivity index (χ1v) is 11.3. The molecule has 34 heavy (non-hydrogen) atoms. The second-order valence-corrected chi connectivity index (χ2v) is 8.94. The number of benzene rings is 3. The number of hydrogen-bond acceptors (Lipinski definition) is 6. The van der Waals surface area contributed by atoms with Crippen molar-refractivity contribution < 1.29 is 14.1 Å². The van der Waals surface area contributed by atoms with E-state index in [1.54, 1.807) is 40.0 Å². The molecular formula is C24H18FN5O3S. The van der Waals surface area contributed by atoms with E-state index in [-0.39, 0.29) is 24.0 Å². The average molecular weight is 476 g/mol. The topological polar surface area (TPSA) is 94.2 Å². The number of halogens is 1. The van der Waals surface area contributed by atoms with E-state index in [0.29, 0.717) is 12.2 Å². The maximum atomic E-state index is 13.3. The number of rotatable bonds is 7. The van der Waals surface area contributed by atoms with Crippen molar-refractivity contribution in [1.29, 1.82) is 0 Å². The standard InChI is InChI=1S/C24H18FN5O3S/c25-17-7-11-20(12-8-17)34-23-21-3-1-2-4-22(21)29(24(23)31)15-18-14-28(27-26-18)13-16-5-9-19(10-6-16)30(32)33/h1-12,14,23H,13,15H2. The Morgan fingerprint density at radius 1 is 1.00 bits per heavy atom. The largest absolute Gasteiger partial charge is 0.305 e. The smallest absolute Gasteiger partial charge is 0.269 e. The normalized spacial score (nSPS) is 14.9. The van der Waals surface area contributed by atoms with Crippen LogP contribution in [0.25, 0.3) is 0 Å². The number of nitrogens with zero attached hydrogens (tertiary/aromatic N) is 5. The fraction of sp³-hybridized carbons (Fsp3) is 0.125. The van der Waals surface area contributed by atoms with E-state index in [4.69, 9.17) is 0 Å². The summed E-state index contributed by atoms with van der Waals surface area (Å²) in [5.74, 6) is -0.388. The van der Waals surface area contributed by atoms with Crippen molar-refractivity contribution in [3.05, 3.63) is 112 Å². The Hall–Kier alpha value is -4.05. The maximum Gasteiger partial charge on any atom is 0.269 e. The zero-order valence-corrected chi connectivity index (χ0v) is 18.6. The lowest BCUT2D eigenvalue weighted by molar-refractivity contribution is -0.384. The molecule has 4 aromatic rings. The predicted octanol–water partition coefficient (Wildman–Crippen LogP) is 4.75. The van der Waals surface area contributed by atoms with E-state index >= 15 is 0 Å². The van der Waals surface area contributed by atoms with Crippen molar-refractivity contribution in [3.8, 4) is 0 Å². The minimum atomic E-state index is -0.441. The number of non-ortho nitro benzene ring substituents is 1. The SMILES string of the molecule is O=C1C(Sc2ccc(F)cc2)c2ccccc2N1Cc1cn(Cc2ccc([N+](=O)[O-])cc2)nn1. The van der Waals surface area contributed by atoms with E-state index in [2.05, 4.69) is 10.3 Å². The predicted molar refractivity (Wildman–Crippen MR) is 125 cm³/mol. The van der Waals surface area contributed by atoms with Crippen molar-refractivity contribution in [2.24, 2.45) is 0 Å². The van der Waals surface area contributed by atoms with E-state index in [1.165, 1.54) is 36.0 Å². The summed E-state index contributed by atoms with van der Waals surface area (Å²) in [4.78, 5) is 26.2. The van der Waals surface area contributed by atoms with Crippen molar-refractivity contribution >= 4 is 29.0 Å². The molecule has 8 nitrogen and oxygen atoms in total. The first-order valence-electron chi connectivity index (χ1n) is 10.4. The van der Waals surface area contributed by atoms with E-state index in [1.807, 2.05) is 24.3 Å². The lowest BCUT2D eigenvalue weighted by Gasteiger charge is -2.16. The maximum absolute atomic E-state index is 13.3. The molecule has 3 aromatic carbocycles. The highest BCUT2D eigenvalue weighted by molar-refractivity contribution is 8.00. The molecule has 10 heteroatoms. The molecule has 1 aliphatic rings. The quantitative estimate of drug-likeness (QED) is 0.283. The molecule has 170 valence electrons. The zero-order chi connectivity index (χ0) is 23.7. The number of anilines is 1. The zero-order valence-electron chi connectivity index (χ0n) is 17.7. The molecule has 2 heterocycles. The van der Waals surface area contributed by atoms with Gasteiger partial charge >= 0.3 is 0 Å². The lowest BCUT2D eigenvalue weighted by atomic mass is 10.1. The van der Waals surface area contributed by atoms with Crippen LogP contribution in [0.1, 0.15) is 22.1 Å². The van der Waals surface area contributed by atoms with E-state index in [0.717, 1.165) is 21.7 Å². The molecule has 1 aromatic heterocycles. The van der Waals surface area contributed by atoms with E-state index in [9.17, 15) is 19.3 Å². The molecule has 0 saturated carbocycles. The molecule has 1 aliphatic heterocycles. The minimum absolute atomic E-state index is 0.0299. The number of amides is 1. The van der Waals surface area contributed by atoms with Gasteiger partial charge in [0.25, 0.3) is 5.69 Å². The first-order chi connectivity index (χ1) is 16.5. The summed E-state index contributed by atoms with van der Waals surface area (Å²) in [7, 11) is 0. The van der Waals surface area contributed by atoms with Crippen LogP contribution in [0, 0.1) is 15.9 Å². The van der Waals surface area contributed by atoms with Crippen LogP contribution in [0.2, 0.25) is 0 Å². The number of hydrogen-bond donors (Lipinski definition) is 0. The Labute approximate surface area is 198 Å². The van der Waals surface area contributed by atoms with Gasteiger partial charge in [0.1, 0.15) is 16.8 Å². The van der Waals surface area contributed by atoms with Gasteiger partial charge in [-0.15, -0.1) is 16.9 Å². The molecule has 0 N–H and O–H groups in total. The first kappa shape index (κ1) is 21.8. The summed E-state index contributed by atoms with van der Waals surface area (Å²) in [6.45, 7) is 0.662. The Kier molecular flexibility index (Phi) is 5.81. The van der Waals surface area contributed by atoms with Gasteiger partial charge in [-0.1, -0.05) is 35.5 Å². The lowest BCUT2D eigenvalue weighted by Crippen LogP contribution is -2.27. The summed E-state index contributed by atoms with van der Waals surface area (Å²) in [6, 6.07) is 20.0. The molecule has 0 spiro atoms. The second kappa shape index (κ2) is 9.06. The van der Waals surface area contributed by atoms with Crippen LogP contribution in [-0.4, -0.2) is 25.8 Å². The number of aromatic nitrogens is 3. The molecule has 1 atom stereocenters. The van der Waals surface area contributed by atoms with Gasteiger partial charge in [-0.25, -0.2) is 9.07 Å². The summed E-state index contributed by atoms with van der Waals surface area (Å²) < 4.78 is 14.9. The summed E-state index contributed by atoms with van der Waals surface area (Å²) in [6.07, 6.45) is 1.76. The highest BCUT2D eigenvalue weighted by Gasteiger charge is 2.38. The van der Waals surface area contributed by atoms with Crippen molar-refractivity contribution in [3.63, 3.8) is 0 Å². The third kappa shape index (κ3) is 4.40. The molecule has 5 rings (SSSR count). The van der Waals surface area contributed by atoms with Crippen molar-refractivity contribution in [2.75, 3.05) is 4.90 Å². The van der Waals surface area contributed by atoms with Gasteiger partial charge in [-0.05, 0) is 41.5 Å². The van der Waals surface area contributed by atoms with Crippen LogP contribution in [-0.2, 0) is 17.9 Å². The second-order valence-electron chi connectivity index (χ2n) is 7.77. The Bertz CT molecular complexity index is 1360. The number of thioether (sulfide) groups is 1. The summed E-state index contributed by atoms with van der Waals surface area (Å²) in [5.41, 5.74) is 3.22. The molecule has 0 aliphatic carbocycles. The molecule has 0 saturated heterocycles. The highest BCUT2D eigenvalue weighted by atomic mass is 32.2. The van der Waals surface area contributed by atoms with E-state index < -0.39 is 10.2 Å². The monoisotopic (exact) mass is 475 g/mol. The number of nitro groups is 1. The van der Waals surface area contributed by atoms with Crippen LogP contribution < -0.4 is 4.90 Å². The van der Waals surface area contributed by atoms with Crippen molar-refractivity contribution in [1.82, 2.24) is 15.0 Å². The van der Waals surface area contributed by atoms with Crippen molar-refractivity contribution in [2.45, 2.75) is 23.2 Å². The van der Waals surface area contributed by atoms with Crippen LogP contribution >= 0.6 is 11.8 Å². The minimum Gasteiger partial charge on any atom is -0.305 e. The van der Waals surface area contributed by atoms with Gasteiger partial charge in [0, 0.05) is 22.7 Å². The number of para-hydroxylation sites is 1. The van der Waals surface area contributed by atoms with Gasteiger partial charge in [-0.3, -0.25) is 14.9 Å². The molecular weight excluding hydrogens is 457 g/mol. The van der Waals surface area contributed by atoms with Crippen LogP contribution in [0.5, 0.6) is 0 Å². The van der Waals surface area contributed by atoms with Crippen LogP contribution in [0.3, 0.4) is 0 Å². The molecule has 0 fully saturated rings. The van der Waals surface area contributed by atoms with Gasteiger partial charge < -0.3 is 4.90 Å². The highest BCUT2D eigenvalue weighted by Crippen LogP contribution is 2.46. The van der Waals surface area contributed by atoms with Gasteiger partial charge in [0.2, 0.25) is 5.91 Å². The number of carbonyl (C=O) groups is 1. The van der Waals surface area contributed by atoms with Crippen LogP contribution in [0.4, 0.5) is 15.8 Å². The fourth-order valence-corrected chi connectivity index (χ4v) is 4.95. The number of nitro benzene ring substituents is 1. The fourth-order valence-electron chi connectivity index (χ4n) is 3.83. The average Bonchev–Trinajstić information content (AvgIpc) is 3.39. The molecule has 0 radical (unpaired) electrons. The Morgan fingerprint density at radius 3 is 2.47 bits per heavy atom. The number of fused-ring (bicyclic) bond motifs is 1. The third-order valence-corrected chi connectivity index (χ3v) is 6.70. The van der Waals surface area contributed by atoms with Crippen LogP contribution in [0.15, 0.2) is 83.9 Å².